The summed E-state index contributed by atoms with van der Waals surface area (Å²) in [5.74, 6) is -0.973. The number of benzene rings is 2. The van der Waals surface area contributed by atoms with Crippen LogP contribution >= 0.6 is 0 Å². The zero-order chi connectivity index (χ0) is 23.9. The minimum Gasteiger partial charge on any atom is -0.395 e. The van der Waals surface area contributed by atoms with Gasteiger partial charge in [0.2, 0.25) is 5.91 Å². The average Bonchev–Trinajstić information content (AvgIpc) is 3.38. The third-order valence-electron chi connectivity index (χ3n) is 7.33. The maximum absolute atomic E-state index is 14.3. The lowest BCUT2D eigenvalue weighted by atomic mass is 9.69. The van der Waals surface area contributed by atoms with Gasteiger partial charge in [-0.3, -0.25) is 4.79 Å². The predicted octanol–water partition coefficient (Wildman–Crippen LogP) is 4.53. The molecule has 0 aliphatic heterocycles. The molecule has 7 heteroatoms. The minimum atomic E-state index is -0.371. The molecule has 0 radical (unpaired) electrons. The summed E-state index contributed by atoms with van der Waals surface area (Å²) in [7, 11) is 0. The number of aliphatic hydroxyl groups is 1. The van der Waals surface area contributed by atoms with Crippen LogP contribution in [0, 0.1) is 23.0 Å². The Hall–Kier alpha value is -3.32. The highest BCUT2D eigenvalue weighted by Crippen LogP contribution is 2.53. The van der Waals surface area contributed by atoms with E-state index in [0.29, 0.717) is 18.4 Å². The van der Waals surface area contributed by atoms with Gasteiger partial charge in [-0.2, -0.15) is 5.10 Å². The van der Waals surface area contributed by atoms with Crippen LogP contribution in [-0.2, 0) is 17.8 Å². The number of aliphatic hydroxyl groups excluding tert-OH is 1. The van der Waals surface area contributed by atoms with Crippen molar-refractivity contribution in [2.75, 3.05) is 13.2 Å². The molecule has 0 saturated heterocycles. The van der Waals surface area contributed by atoms with Crippen molar-refractivity contribution in [2.45, 2.75) is 32.7 Å². The van der Waals surface area contributed by atoms with Gasteiger partial charge in [-0.1, -0.05) is 30.7 Å². The second-order valence-electron chi connectivity index (χ2n) is 9.37. The molecular weight excluding hydrogens is 436 g/mol. The highest BCUT2D eigenvalue weighted by Gasteiger charge is 2.49. The Morgan fingerprint density at radius 3 is 2.71 bits per heavy atom. The van der Waals surface area contributed by atoms with E-state index in [4.69, 9.17) is 0 Å². The fourth-order valence-corrected chi connectivity index (χ4v) is 5.47. The number of allylic oxidation sites excluding steroid dienone is 1. The Bertz CT molecular complexity index is 1250. The molecule has 5 nitrogen and oxygen atoms in total. The number of aromatic nitrogens is 2. The van der Waals surface area contributed by atoms with E-state index < -0.39 is 0 Å². The maximum atomic E-state index is 14.3. The fourth-order valence-electron chi connectivity index (χ4n) is 5.47. The van der Waals surface area contributed by atoms with Crippen LogP contribution in [0.3, 0.4) is 0 Å². The number of carbonyl (C=O) groups excluding carboxylic acids is 1. The Balaban J connectivity index is 1.43. The van der Waals surface area contributed by atoms with E-state index in [2.05, 4.69) is 18.1 Å². The maximum Gasteiger partial charge on any atom is 0.226 e. The van der Waals surface area contributed by atoms with Crippen molar-refractivity contribution in [3.63, 3.8) is 0 Å². The zero-order valence-electron chi connectivity index (χ0n) is 19.0. The molecule has 1 N–H and O–H groups in total. The predicted molar refractivity (Wildman–Crippen MR) is 125 cm³/mol. The van der Waals surface area contributed by atoms with Gasteiger partial charge in [0, 0.05) is 30.0 Å². The SMILES string of the molecule is C[C@]12Cc3cnn(-c4ccc(F)cc4)c3C=C1CCC2C(=O)N(CCO)Cc1ccccc1F. The van der Waals surface area contributed by atoms with E-state index in [-0.39, 0.29) is 48.6 Å². The number of hydrogen-bond donors (Lipinski definition) is 1. The molecule has 2 aliphatic carbocycles. The molecule has 0 bridgehead atoms. The molecule has 1 aromatic heterocycles. The average molecular weight is 464 g/mol. The smallest absolute Gasteiger partial charge is 0.226 e. The number of halogens is 2. The van der Waals surface area contributed by atoms with Gasteiger partial charge in [-0.15, -0.1) is 0 Å². The molecule has 176 valence electrons. The molecule has 5 rings (SSSR count). The molecule has 1 saturated carbocycles. The van der Waals surface area contributed by atoms with Crippen molar-refractivity contribution in [1.29, 1.82) is 0 Å². The lowest BCUT2D eigenvalue weighted by Gasteiger charge is -2.37. The van der Waals surface area contributed by atoms with E-state index in [9.17, 15) is 18.7 Å². The molecule has 2 atom stereocenters. The van der Waals surface area contributed by atoms with Gasteiger partial charge in [0.15, 0.2) is 0 Å². The van der Waals surface area contributed by atoms with E-state index in [0.717, 1.165) is 23.4 Å². The Morgan fingerprint density at radius 1 is 1.21 bits per heavy atom. The third kappa shape index (κ3) is 3.84. The monoisotopic (exact) mass is 463 g/mol. The van der Waals surface area contributed by atoms with Crippen LogP contribution in [0.1, 0.15) is 36.6 Å². The standard InChI is InChI=1S/C27H27F2N3O2/c1-27-15-19-16-30-32(22-9-7-21(28)8-10-22)25(19)14-20(27)6-11-23(27)26(34)31(12-13-33)17-18-4-2-3-5-24(18)29/h2-5,7-10,14,16,23,33H,6,11-13,15,17H2,1H3/t23?,27-/m0/s1. The van der Waals surface area contributed by atoms with E-state index in [1.54, 1.807) is 35.2 Å². The number of hydrogen-bond acceptors (Lipinski definition) is 3. The van der Waals surface area contributed by atoms with Crippen LogP contribution < -0.4 is 0 Å². The first-order chi connectivity index (χ1) is 16.4. The Kier molecular flexibility index (Phi) is 5.81. The number of fused-ring (bicyclic) bond motifs is 2. The molecule has 3 aromatic rings. The van der Waals surface area contributed by atoms with Gasteiger partial charge in [-0.05, 0) is 61.2 Å². The second-order valence-corrected chi connectivity index (χ2v) is 9.37. The summed E-state index contributed by atoms with van der Waals surface area (Å²) in [6, 6.07) is 12.7. The first-order valence-electron chi connectivity index (χ1n) is 11.6. The summed E-state index contributed by atoms with van der Waals surface area (Å²) in [6.45, 7) is 2.23. The fraction of sp³-hybridized carbons (Fsp3) is 0.333. The molecule has 1 amide bonds. The van der Waals surface area contributed by atoms with Gasteiger partial charge in [0.1, 0.15) is 11.6 Å². The number of rotatable bonds is 6. The summed E-state index contributed by atoms with van der Waals surface area (Å²) in [5, 5.41) is 14.1. The molecule has 1 unspecified atom stereocenters. The normalized spacial score (nSPS) is 21.1. The minimum absolute atomic E-state index is 0.0578. The first kappa shape index (κ1) is 22.5. The van der Waals surface area contributed by atoms with E-state index >= 15 is 0 Å². The summed E-state index contributed by atoms with van der Waals surface area (Å²) >= 11 is 0. The largest absolute Gasteiger partial charge is 0.395 e. The first-order valence-corrected chi connectivity index (χ1v) is 11.6. The van der Waals surface area contributed by atoms with Crippen LogP contribution in [0.15, 0.2) is 60.3 Å². The lowest BCUT2D eigenvalue weighted by molar-refractivity contribution is -0.139. The van der Waals surface area contributed by atoms with Crippen LogP contribution in [-0.4, -0.2) is 38.8 Å². The molecular formula is C27H27F2N3O2. The molecule has 2 aromatic carbocycles. The van der Waals surface area contributed by atoms with Crippen molar-refractivity contribution in [2.24, 2.45) is 11.3 Å². The van der Waals surface area contributed by atoms with Crippen LogP contribution in [0.25, 0.3) is 11.8 Å². The Morgan fingerprint density at radius 2 is 1.97 bits per heavy atom. The molecule has 34 heavy (non-hydrogen) atoms. The van der Waals surface area contributed by atoms with Crippen LogP contribution in [0.5, 0.6) is 0 Å². The van der Waals surface area contributed by atoms with Gasteiger partial charge in [0.05, 0.1) is 24.2 Å². The summed E-state index contributed by atoms with van der Waals surface area (Å²) in [4.78, 5) is 15.3. The summed E-state index contributed by atoms with van der Waals surface area (Å²) in [6.07, 6.45) is 6.10. The second kappa shape index (κ2) is 8.80. The van der Waals surface area contributed by atoms with Crippen molar-refractivity contribution < 1.29 is 18.7 Å². The van der Waals surface area contributed by atoms with E-state index in [1.165, 1.54) is 23.8 Å². The highest BCUT2D eigenvalue weighted by molar-refractivity contribution is 5.82. The highest BCUT2D eigenvalue weighted by atomic mass is 19.1. The van der Waals surface area contributed by atoms with Crippen LogP contribution in [0.2, 0.25) is 0 Å². The van der Waals surface area contributed by atoms with Crippen molar-refractivity contribution in [3.05, 3.63) is 88.8 Å². The van der Waals surface area contributed by atoms with Gasteiger partial charge < -0.3 is 10.0 Å². The topological polar surface area (TPSA) is 58.4 Å². The van der Waals surface area contributed by atoms with Gasteiger partial charge in [0.25, 0.3) is 0 Å². The number of carbonyl (C=O) groups is 1. The number of amides is 1. The lowest BCUT2D eigenvalue weighted by Crippen LogP contribution is -2.43. The van der Waals surface area contributed by atoms with Gasteiger partial charge >= 0.3 is 0 Å². The van der Waals surface area contributed by atoms with Crippen LogP contribution in [0.4, 0.5) is 8.78 Å². The molecule has 0 spiro atoms. The quantitative estimate of drug-likeness (QED) is 0.585. The van der Waals surface area contributed by atoms with Gasteiger partial charge in [-0.25, -0.2) is 13.5 Å². The molecule has 1 heterocycles. The Labute approximate surface area is 197 Å². The zero-order valence-corrected chi connectivity index (χ0v) is 19.0. The van der Waals surface area contributed by atoms with Crippen molar-refractivity contribution in [1.82, 2.24) is 14.7 Å². The van der Waals surface area contributed by atoms with E-state index in [1.807, 2.05) is 10.9 Å². The van der Waals surface area contributed by atoms with Crippen molar-refractivity contribution >= 4 is 12.0 Å². The summed E-state index contributed by atoms with van der Waals surface area (Å²) < 4.78 is 29.5. The molecule has 2 aliphatic rings. The van der Waals surface area contributed by atoms with Crippen molar-refractivity contribution in [3.8, 4) is 5.69 Å². The summed E-state index contributed by atoms with van der Waals surface area (Å²) in [5.41, 5.74) is 4.05. The molecule has 1 fully saturated rings. The number of nitrogens with zero attached hydrogens (tertiary/aromatic N) is 3. The third-order valence-corrected chi connectivity index (χ3v) is 7.33.